The minimum atomic E-state index is -0.169. The molecule has 6 nitrogen and oxygen atoms in total. The Balaban J connectivity index is 1.67. The largest absolute Gasteiger partial charge is 0.325 e. The van der Waals surface area contributed by atoms with Crippen molar-refractivity contribution in [3.63, 3.8) is 0 Å². The highest BCUT2D eigenvalue weighted by molar-refractivity contribution is 5.91. The van der Waals surface area contributed by atoms with Gasteiger partial charge < -0.3 is 9.88 Å². The zero-order valence-electron chi connectivity index (χ0n) is 16.1. The van der Waals surface area contributed by atoms with E-state index in [-0.39, 0.29) is 18.0 Å². The topological polar surface area (TPSA) is 68.4 Å². The van der Waals surface area contributed by atoms with Gasteiger partial charge in [0.2, 0.25) is 11.7 Å². The minimum Gasteiger partial charge on any atom is -0.325 e. The van der Waals surface area contributed by atoms with Crippen molar-refractivity contribution >= 4 is 28.4 Å². The molecule has 0 aliphatic carbocycles. The number of aryl methyl sites for hydroxylation is 1. The number of benzene rings is 2. The van der Waals surface area contributed by atoms with E-state index in [0.29, 0.717) is 17.4 Å². The van der Waals surface area contributed by atoms with Gasteiger partial charge in [0.15, 0.2) is 0 Å². The summed E-state index contributed by atoms with van der Waals surface area (Å²) in [5.74, 6) is 0.742. The number of rotatable bonds is 4. The molecule has 6 heteroatoms. The zero-order valence-corrected chi connectivity index (χ0v) is 16.1. The van der Waals surface area contributed by atoms with Crippen LogP contribution in [0.4, 0.5) is 5.69 Å². The average molecular weight is 374 g/mol. The molecule has 0 radical (unpaired) electrons. The van der Waals surface area contributed by atoms with Crippen molar-refractivity contribution in [1.82, 2.24) is 14.0 Å². The molecule has 0 fully saturated rings. The number of nitrogens with one attached hydrogen (secondary N) is 1. The molecule has 0 aliphatic rings. The quantitative estimate of drug-likeness (QED) is 0.592. The van der Waals surface area contributed by atoms with Crippen LogP contribution < -0.4 is 10.9 Å². The molecule has 142 valence electrons. The molecule has 0 atom stereocenters. The van der Waals surface area contributed by atoms with Gasteiger partial charge in [0.05, 0.1) is 11.0 Å². The van der Waals surface area contributed by atoms with Crippen LogP contribution in [0.1, 0.15) is 31.0 Å². The normalized spacial score (nSPS) is 11.4. The average Bonchev–Trinajstić information content (AvgIpc) is 3.05. The number of carbonyl (C=O) groups excluding carboxylic acids is 1. The molecule has 4 aromatic rings. The first-order chi connectivity index (χ1) is 13.4. The summed E-state index contributed by atoms with van der Waals surface area (Å²) in [5.41, 5.74) is 3.97. The maximum atomic E-state index is 12.6. The summed E-state index contributed by atoms with van der Waals surface area (Å²) in [6.45, 7) is 6.15. The van der Waals surface area contributed by atoms with E-state index in [4.69, 9.17) is 0 Å². The number of carbonyl (C=O) groups is 1. The summed E-state index contributed by atoms with van der Waals surface area (Å²) in [4.78, 5) is 29.7. The maximum absolute atomic E-state index is 12.6. The lowest BCUT2D eigenvalue weighted by Crippen LogP contribution is -2.25. The molecule has 0 saturated carbocycles. The monoisotopic (exact) mass is 374 g/mol. The fourth-order valence-electron chi connectivity index (χ4n) is 3.38. The fraction of sp³-hybridized carbons (Fsp3) is 0.227. The highest BCUT2D eigenvalue weighted by atomic mass is 16.2. The van der Waals surface area contributed by atoms with Gasteiger partial charge in [0, 0.05) is 17.4 Å². The van der Waals surface area contributed by atoms with Gasteiger partial charge in [-0.05, 0) is 42.7 Å². The zero-order chi connectivity index (χ0) is 19.8. The Morgan fingerprint density at radius 3 is 2.54 bits per heavy atom. The Labute approximate surface area is 162 Å². The lowest BCUT2D eigenvalue weighted by molar-refractivity contribution is -0.116. The number of aromatic nitrogens is 3. The molecule has 1 N–H and O–H groups in total. The van der Waals surface area contributed by atoms with Gasteiger partial charge in [-0.2, -0.15) is 0 Å². The molecule has 0 aliphatic heterocycles. The molecule has 0 spiro atoms. The lowest BCUT2D eigenvalue weighted by Gasteiger charge is -2.13. The van der Waals surface area contributed by atoms with Crippen LogP contribution in [0.25, 0.3) is 16.8 Å². The summed E-state index contributed by atoms with van der Waals surface area (Å²) in [5, 5.41) is 2.92. The first-order valence-corrected chi connectivity index (χ1v) is 9.31. The lowest BCUT2D eigenvalue weighted by atomic mass is 10.0. The van der Waals surface area contributed by atoms with Crippen molar-refractivity contribution in [1.29, 1.82) is 0 Å². The molecule has 1 amide bonds. The van der Waals surface area contributed by atoms with Crippen LogP contribution in [0.5, 0.6) is 0 Å². The Bertz CT molecular complexity index is 1230. The van der Waals surface area contributed by atoms with E-state index in [1.54, 1.807) is 8.97 Å². The van der Waals surface area contributed by atoms with Crippen molar-refractivity contribution in [2.45, 2.75) is 33.2 Å². The molecular weight excluding hydrogens is 352 g/mol. The Morgan fingerprint density at radius 2 is 1.82 bits per heavy atom. The summed E-state index contributed by atoms with van der Waals surface area (Å²) in [7, 11) is 0. The number of para-hydroxylation sites is 2. The van der Waals surface area contributed by atoms with Gasteiger partial charge in [-0.15, -0.1) is 0 Å². The van der Waals surface area contributed by atoms with Gasteiger partial charge in [-0.3, -0.25) is 9.59 Å². The summed E-state index contributed by atoms with van der Waals surface area (Å²) in [6, 6.07) is 16.8. The molecule has 2 heterocycles. The third kappa shape index (κ3) is 3.17. The second-order valence-corrected chi connectivity index (χ2v) is 7.27. The molecular formula is C22H22N4O2. The summed E-state index contributed by atoms with van der Waals surface area (Å²) >= 11 is 0. The van der Waals surface area contributed by atoms with E-state index in [0.717, 1.165) is 16.7 Å². The SMILES string of the molecule is Cc1cc(=O)n2c3ccccc3nc2n1CC(=O)Nc1ccc(C(C)C)cc1. The Kier molecular flexibility index (Phi) is 4.47. The van der Waals surface area contributed by atoms with Crippen LogP contribution in [-0.2, 0) is 11.3 Å². The number of hydrogen-bond donors (Lipinski definition) is 1. The van der Waals surface area contributed by atoms with Crippen LogP contribution in [0.15, 0.2) is 59.4 Å². The Morgan fingerprint density at radius 1 is 1.11 bits per heavy atom. The highest BCUT2D eigenvalue weighted by Crippen LogP contribution is 2.18. The van der Waals surface area contributed by atoms with Crippen LogP contribution in [0.3, 0.4) is 0 Å². The van der Waals surface area contributed by atoms with Crippen LogP contribution >= 0.6 is 0 Å². The first-order valence-electron chi connectivity index (χ1n) is 9.31. The van der Waals surface area contributed by atoms with Crippen molar-refractivity contribution < 1.29 is 4.79 Å². The molecule has 4 rings (SSSR count). The van der Waals surface area contributed by atoms with E-state index in [9.17, 15) is 9.59 Å². The van der Waals surface area contributed by atoms with E-state index < -0.39 is 0 Å². The van der Waals surface area contributed by atoms with Crippen molar-refractivity contribution in [2.24, 2.45) is 0 Å². The summed E-state index contributed by atoms with van der Waals surface area (Å²) < 4.78 is 3.31. The number of hydrogen-bond acceptors (Lipinski definition) is 3. The number of nitrogens with zero attached hydrogens (tertiary/aromatic N) is 3. The Hall–Kier alpha value is -3.41. The second-order valence-electron chi connectivity index (χ2n) is 7.27. The molecule has 0 saturated heterocycles. The van der Waals surface area contributed by atoms with E-state index in [1.807, 2.05) is 55.5 Å². The van der Waals surface area contributed by atoms with Gasteiger partial charge in [0.1, 0.15) is 6.54 Å². The van der Waals surface area contributed by atoms with E-state index >= 15 is 0 Å². The molecule has 28 heavy (non-hydrogen) atoms. The molecule has 0 unspecified atom stereocenters. The predicted molar refractivity (Wildman–Crippen MR) is 111 cm³/mol. The fourth-order valence-corrected chi connectivity index (χ4v) is 3.38. The van der Waals surface area contributed by atoms with Gasteiger partial charge in [-0.25, -0.2) is 9.38 Å². The van der Waals surface area contributed by atoms with Crippen molar-refractivity contribution in [3.8, 4) is 0 Å². The van der Waals surface area contributed by atoms with Crippen LogP contribution in [0, 0.1) is 6.92 Å². The standard InChI is InChI=1S/C22H22N4O2/c1-14(2)16-8-10-17(11-9-16)23-20(27)13-25-15(3)12-21(28)26-19-7-5-4-6-18(19)24-22(25)26/h4-12,14H,13H2,1-3H3,(H,23,27). The van der Waals surface area contributed by atoms with Crippen LogP contribution in [0.2, 0.25) is 0 Å². The third-order valence-electron chi connectivity index (χ3n) is 4.93. The van der Waals surface area contributed by atoms with Crippen molar-refractivity contribution in [3.05, 3.63) is 76.2 Å². The van der Waals surface area contributed by atoms with Gasteiger partial charge in [-0.1, -0.05) is 38.1 Å². The van der Waals surface area contributed by atoms with E-state index in [1.165, 1.54) is 11.6 Å². The van der Waals surface area contributed by atoms with Gasteiger partial charge >= 0.3 is 0 Å². The predicted octanol–water partition coefficient (Wildman–Crippen LogP) is 3.72. The minimum absolute atomic E-state index is 0.0743. The third-order valence-corrected chi connectivity index (χ3v) is 4.93. The number of fused-ring (bicyclic) bond motifs is 3. The highest BCUT2D eigenvalue weighted by Gasteiger charge is 2.14. The molecule has 2 aromatic carbocycles. The van der Waals surface area contributed by atoms with Gasteiger partial charge in [0.25, 0.3) is 5.56 Å². The second kappa shape index (κ2) is 6.96. The number of anilines is 1. The molecule has 2 aromatic heterocycles. The van der Waals surface area contributed by atoms with Crippen molar-refractivity contribution in [2.75, 3.05) is 5.32 Å². The first kappa shape index (κ1) is 18.0. The maximum Gasteiger partial charge on any atom is 0.259 e. The summed E-state index contributed by atoms with van der Waals surface area (Å²) in [6.07, 6.45) is 0. The smallest absolute Gasteiger partial charge is 0.259 e. The number of amides is 1. The number of imidazole rings is 1. The van der Waals surface area contributed by atoms with E-state index in [2.05, 4.69) is 24.1 Å². The molecule has 0 bridgehead atoms. The van der Waals surface area contributed by atoms with Crippen LogP contribution in [-0.4, -0.2) is 19.9 Å².